The van der Waals surface area contributed by atoms with Crippen molar-refractivity contribution in [2.45, 2.75) is 6.92 Å². The SMILES string of the molecule is CC(=O)N(c1ccccc1)S(C)(C)O. The predicted octanol–water partition coefficient (Wildman–Crippen LogP) is 2.49. The molecule has 0 aromatic heterocycles. The smallest absolute Gasteiger partial charge is 0.234 e. The Morgan fingerprint density at radius 2 is 1.79 bits per heavy atom. The summed E-state index contributed by atoms with van der Waals surface area (Å²) >= 11 is 0. The summed E-state index contributed by atoms with van der Waals surface area (Å²) in [6.45, 7) is 1.46. The van der Waals surface area contributed by atoms with Crippen LogP contribution in [0, 0.1) is 0 Å². The molecule has 1 aromatic carbocycles. The van der Waals surface area contributed by atoms with E-state index in [9.17, 15) is 9.35 Å². The van der Waals surface area contributed by atoms with Crippen LogP contribution in [0.4, 0.5) is 5.69 Å². The van der Waals surface area contributed by atoms with E-state index in [0.717, 1.165) is 5.69 Å². The van der Waals surface area contributed by atoms with Crippen molar-refractivity contribution in [3.05, 3.63) is 30.3 Å². The molecular formula is C10H15NO2S. The minimum absolute atomic E-state index is 0.140. The molecule has 0 radical (unpaired) electrons. The molecular weight excluding hydrogens is 198 g/mol. The van der Waals surface area contributed by atoms with E-state index in [0.29, 0.717) is 0 Å². The lowest BCUT2D eigenvalue weighted by Gasteiger charge is -2.37. The molecule has 0 saturated heterocycles. The van der Waals surface area contributed by atoms with Crippen LogP contribution in [-0.2, 0) is 4.79 Å². The average molecular weight is 213 g/mol. The summed E-state index contributed by atoms with van der Waals surface area (Å²) < 4.78 is 11.3. The molecule has 0 aliphatic carbocycles. The van der Waals surface area contributed by atoms with E-state index >= 15 is 0 Å². The van der Waals surface area contributed by atoms with Crippen molar-refractivity contribution in [2.75, 3.05) is 16.8 Å². The van der Waals surface area contributed by atoms with E-state index in [2.05, 4.69) is 0 Å². The van der Waals surface area contributed by atoms with E-state index in [4.69, 9.17) is 0 Å². The van der Waals surface area contributed by atoms with E-state index in [-0.39, 0.29) is 5.91 Å². The van der Waals surface area contributed by atoms with Gasteiger partial charge in [0.1, 0.15) is 0 Å². The lowest BCUT2D eigenvalue weighted by atomic mass is 10.3. The monoisotopic (exact) mass is 213 g/mol. The molecule has 0 atom stereocenters. The van der Waals surface area contributed by atoms with Gasteiger partial charge in [0.25, 0.3) is 0 Å². The van der Waals surface area contributed by atoms with E-state index < -0.39 is 10.5 Å². The molecule has 0 fully saturated rings. The predicted molar refractivity (Wildman–Crippen MR) is 61.7 cm³/mol. The molecule has 1 aromatic rings. The summed E-state index contributed by atoms with van der Waals surface area (Å²) in [5.74, 6) is -0.140. The fourth-order valence-electron chi connectivity index (χ4n) is 1.32. The number of amides is 1. The molecule has 78 valence electrons. The Kier molecular flexibility index (Phi) is 3.18. The van der Waals surface area contributed by atoms with Gasteiger partial charge in [0.15, 0.2) is 0 Å². The van der Waals surface area contributed by atoms with Crippen molar-refractivity contribution < 1.29 is 9.35 Å². The third-order valence-electron chi connectivity index (χ3n) is 1.72. The first-order valence-electron chi connectivity index (χ1n) is 4.24. The lowest BCUT2D eigenvalue weighted by Crippen LogP contribution is -2.30. The Hall–Kier alpha value is -1.00. The van der Waals surface area contributed by atoms with Crippen LogP contribution < -0.4 is 4.31 Å². The number of carbonyl (C=O) groups is 1. The fourth-order valence-corrected chi connectivity index (χ4v) is 2.58. The normalized spacial score (nSPS) is 12.3. The van der Waals surface area contributed by atoms with Crippen molar-refractivity contribution in [2.24, 2.45) is 0 Å². The largest absolute Gasteiger partial charge is 0.333 e. The lowest BCUT2D eigenvalue weighted by molar-refractivity contribution is -0.115. The summed E-state index contributed by atoms with van der Waals surface area (Å²) in [6, 6.07) is 9.19. The average Bonchev–Trinajstić information content (AvgIpc) is 2.02. The van der Waals surface area contributed by atoms with E-state index in [1.165, 1.54) is 11.2 Å². The third-order valence-corrected chi connectivity index (χ3v) is 3.09. The summed E-state index contributed by atoms with van der Waals surface area (Å²) in [4.78, 5) is 11.4. The van der Waals surface area contributed by atoms with Gasteiger partial charge in [0, 0.05) is 19.4 Å². The quantitative estimate of drug-likeness (QED) is 0.820. The number of carbonyl (C=O) groups excluding carboxylic acids is 1. The van der Waals surface area contributed by atoms with Gasteiger partial charge in [-0.15, -0.1) is 0 Å². The zero-order valence-electron chi connectivity index (χ0n) is 8.60. The molecule has 0 saturated carbocycles. The van der Waals surface area contributed by atoms with Crippen LogP contribution in [0.25, 0.3) is 0 Å². The number of benzene rings is 1. The molecule has 0 aliphatic heterocycles. The minimum Gasteiger partial charge on any atom is -0.333 e. The second-order valence-corrected chi connectivity index (χ2v) is 6.17. The van der Waals surface area contributed by atoms with Gasteiger partial charge < -0.3 is 4.55 Å². The topological polar surface area (TPSA) is 40.5 Å². The Balaban J connectivity index is 3.08. The number of hydrogen-bond acceptors (Lipinski definition) is 2. The molecule has 0 bridgehead atoms. The zero-order valence-corrected chi connectivity index (χ0v) is 9.41. The Bertz CT molecular complexity index is 319. The van der Waals surface area contributed by atoms with Gasteiger partial charge in [-0.1, -0.05) is 28.7 Å². The zero-order chi connectivity index (χ0) is 10.8. The van der Waals surface area contributed by atoms with Gasteiger partial charge in [-0.2, -0.15) is 0 Å². The number of nitrogens with zero attached hydrogens (tertiary/aromatic N) is 1. The summed E-state index contributed by atoms with van der Waals surface area (Å²) in [7, 11) is -2.03. The molecule has 1 N–H and O–H groups in total. The van der Waals surface area contributed by atoms with Crippen molar-refractivity contribution in [3.63, 3.8) is 0 Å². The summed E-state index contributed by atoms with van der Waals surface area (Å²) in [5.41, 5.74) is 0.738. The van der Waals surface area contributed by atoms with Gasteiger partial charge in [0.05, 0.1) is 5.69 Å². The van der Waals surface area contributed by atoms with Crippen LogP contribution in [0.15, 0.2) is 30.3 Å². The second kappa shape index (κ2) is 4.02. The van der Waals surface area contributed by atoms with Crippen LogP contribution >= 0.6 is 10.5 Å². The molecule has 0 heterocycles. The maximum atomic E-state index is 11.4. The Labute approximate surface area is 86.0 Å². The Morgan fingerprint density at radius 1 is 1.29 bits per heavy atom. The first-order chi connectivity index (χ1) is 6.43. The molecule has 0 aliphatic rings. The van der Waals surface area contributed by atoms with Gasteiger partial charge in [-0.25, -0.2) is 0 Å². The first-order valence-corrected chi connectivity index (χ1v) is 6.61. The standard InChI is InChI=1S/C10H15NO2S/c1-9(12)11(14(2,3)13)10-7-5-4-6-8-10/h4-8,13H,1-3H3. The van der Waals surface area contributed by atoms with Crippen molar-refractivity contribution >= 4 is 22.1 Å². The van der Waals surface area contributed by atoms with Gasteiger partial charge in [-0.05, 0) is 12.1 Å². The molecule has 1 rings (SSSR count). The van der Waals surface area contributed by atoms with E-state index in [1.54, 1.807) is 12.5 Å². The Morgan fingerprint density at radius 3 is 2.14 bits per heavy atom. The van der Waals surface area contributed by atoms with E-state index in [1.807, 2.05) is 30.3 Å². The van der Waals surface area contributed by atoms with Crippen LogP contribution in [0.1, 0.15) is 6.92 Å². The van der Waals surface area contributed by atoms with Crippen LogP contribution in [-0.4, -0.2) is 23.0 Å². The summed E-state index contributed by atoms with van der Waals surface area (Å²) in [5, 5.41) is 0. The molecule has 0 unspecified atom stereocenters. The van der Waals surface area contributed by atoms with Crippen molar-refractivity contribution in [3.8, 4) is 0 Å². The number of para-hydroxylation sites is 1. The van der Waals surface area contributed by atoms with Gasteiger partial charge >= 0.3 is 0 Å². The minimum atomic E-state index is -2.03. The van der Waals surface area contributed by atoms with Crippen LogP contribution in [0.3, 0.4) is 0 Å². The number of rotatable bonds is 2. The van der Waals surface area contributed by atoms with Crippen LogP contribution in [0.2, 0.25) is 0 Å². The highest BCUT2D eigenvalue weighted by atomic mass is 32.3. The molecule has 3 nitrogen and oxygen atoms in total. The molecule has 1 amide bonds. The van der Waals surface area contributed by atoms with Crippen LogP contribution in [0.5, 0.6) is 0 Å². The highest BCUT2D eigenvalue weighted by Crippen LogP contribution is 2.42. The van der Waals surface area contributed by atoms with Gasteiger partial charge in [-0.3, -0.25) is 9.10 Å². The number of hydrogen-bond donors (Lipinski definition) is 1. The van der Waals surface area contributed by atoms with Crippen molar-refractivity contribution in [1.82, 2.24) is 0 Å². The highest BCUT2D eigenvalue weighted by molar-refractivity contribution is 8.29. The van der Waals surface area contributed by atoms with Gasteiger partial charge in [0.2, 0.25) is 5.91 Å². The highest BCUT2D eigenvalue weighted by Gasteiger charge is 2.22. The summed E-state index contributed by atoms with van der Waals surface area (Å²) in [6.07, 6.45) is 3.34. The van der Waals surface area contributed by atoms with Crippen molar-refractivity contribution in [1.29, 1.82) is 0 Å². The maximum absolute atomic E-state index is 11.4. The molecule has 14 heavy (non-hydrogen) atoms. The third kappa shape index (κ3) is 2.49. The number of anilines is 1. The fraction of sp³-hybridized carbons (Fsp3) is 0.300. The first kappa shape index (κ1) is 11.1. The molecule has 4 heteroatoms. The maximum Gasteiger partial charge on any atom is 0.234 e. The second-order valence-electron chi connectivity index (χ2n) is 3.37. The molecule has 0 spiro atoms.